The molecule has 0 amide bonds. The SMILES string of the molecule is Nc1cncc(Br)c1-n1cnc2ccccc21. The van der Waals surface area contributed by atoms with Crippen LogP contribution in [0, 0.1) is 0 Å². The lowest BCUT2D eigenvalue weighted by molar-refractivity contribution is 1.07. The second kappa shape index (κ2) is 3.85. The maximum absolute atomic E-state index is 5.96. The zero-order valence-electron chi connectivity index (χ0n) is 8.84. The van der Waals surface area contributed by atoms with Crippen LogP contribution in [0.25, 0.3) is 16.7 Å². The molecule has 0 aliphatic heterocycles. The predicted molar refractivity (Wildman–Crippen MR) is 71.0 cm³/mol. The minimum Gasteiger partial charge on any atom is -0.396 e. The Morgan fingerprint density at radius 3 is 2.82 bits per heavy atom. The number of rotatable bonds is 1. The summed E-state index contributed by atoms with van der Waals surface area (Å²) in [7, 11) is 0. The van der Waals surface area contributed by atoms with Gasteiger partial charge in [-0.05, 0) is 28.1 Å². The van der Waals surface area contributed by atoms with E-state index in [1.807, 2.05) is 28.8 Å². The first-order valence-corrected chi connectivity index (χ1v) is 5.88. The van der Waals surface area contributed by atoms with E-state index in [-0.39, 0.29) is 0 Å². The summed E-state index contributed by atoms with van der Waals surface area (Å²) in [5.41, 5.74) is 9.41. The number of halogens is 1. The second-order valence-corrected chi connectivity index (χ2v) is 4.52. The van der Waals surface area contributed by atoms with Crippen molar-refractivity contribution in [1.82, 2.24) is 14.5 Å². The predicted octanol–water partition coefficient (Wildman–Crippen LogP) is 2.77. The zero-order chi connectivity index (χ0) is 11.8. The third-order valence-electron chi connectivity index (χ3n) is 2.60. The standard InChI is InChI=1S/C12H9BrN4/c13-8-5-15-6-9(14)12(8)17-7-16-10-3-1-2-4-11(10)17/h1-7H,14H2. The molecule has 0 saturated heterocycles. The largest absolute Gasteiger partial charge is 0.396 e. The number of nitrogens with two attached hydrogens (primary N) is 1. The van der Waals surface area contributed by atoms with Crippen LogP contribution in [0.3, 0.4) is 0 Å². The molecule has 0 unspecified atom stereocenters. The van der Waals surface area contributed by atoms with E-state index in [0.29, 0.717) is 5.69 Å². The number of nitrogens with zero attached hydrogens (tertiary/aromatic N) is 3. The average molecular weight is 289 g/mol. The molecular weight excluding hydrogens is 280 g/mol. The number of para-hydroxylation sites is 2. The molecule has 84 valence electrons. The highest BCUT2D eigenvalue weighted by molar-refractivity contribution is 9.10. The molecule has 3 aromatic rings. The van der Waals surface area contributed by atoms with Gasteiger partial charge in [-0.25, -0.2) is 4.98 Å². The molecule has 0 bridgehead atoms. The van der Waals surface area contributed by atoms with E-state index < -0.39 is 0 Å². The lowest BCUT2D eigenvalue weighted by Gasteiger charge is -2.09. The molecule has 5 heteroatoms. The Morgan fingerprint density at radius 1 is 1.18 bits per heavy atom. The third-order valence-corrected chi connectivity index (χ3v) is 3.18. The van der Waals surface area contributed by atoms with Crippen LogP contribution in [0.1, 0.15) is 0 Å². The van der Waals surface area contributed by atoms with Gasteiger partial charge in [0.25, 0.3) is 0 Å². The van der Waals surface area contributed by atoms with Crippen molar-refractivity contribution in [3.05, 3.63) is 47.5 Å². The molecule has 2 heterocycles. The third kappa shape index (κ3) is 1.59. The number of hydrogen-bond donors (Lipinski definition) is 1. The smallest absolute Gasteiger partial charge is 0.101 e. The molecule has 0 atom stereocenters. The number of hydrogen-bond acceptors (Lipinski definition) is 3. The highest BCUT2D eigenvalue weighted by Gasteiger charge is 2.10. The summed E-state index contributed by atoms with van der Waals surface area (Å²) in [6.45, 7) is 0. The summed E-state index contributed by atoms with van der Waals surface area (Å²) in [5, 5.41) is 0. The van der Waals surface area contributed by atoms with Gasteiger partial charge in [0.15, 0.2) is 0 Å². The van der Waals surface area contributed by atoms with E-state index >= 15 is 0 Å². The van der Waals surface area contributed by atoms with Crippen LogP contribution in [-0.4, -0.2) is 14.5 Å². The number of benzene rings is 1. The molecule has 3 rings (SSSR count). The quantitative estimate of drug-likeness (QED) is 0.749. The van der Waals surface area contributed by atoms with E-state index in [2.05, 4.69) is 25.9 Å². The maximum Gasteiger partial charge on any atom is 0.101 e. The number of aromatic nitrogens is 3. The first kappa shape index (κ1) is 10.3. The van der Waals surface area contributed by atoms with Crippen LogP contribution in [0.2, 0.25) is 0 Å². The van der Waals surface area contributed by atoms with Gasteiger partial charge in [0, 0.05) is 6.20 Å². The zero-order valence-corrected chi connectivity index (χ0v) is 10.4. The fraction of sp³-hybridized carbons (Fsp3) is 0. The Bertz CT molecular complexity index is 670. The van der Waals surface area contributed by atoms with Crippen molar-refractivity contribution in [2.45, 2.75) is 0 Å². The molecule has 1 aromatic carbocycles. The molecule has 0 radical (unpaired) electrons. The van der Waals surface area contributed by atoms with E-state index in [0.717, 1.165) is 21.2 Å². The molecule has 2 N–H and O–H groups in total. The van der Waals surface area contributed by atoms with Crippen LogP contribution in [0.5, 0.6) is 0 Å². The van der Waals surface area contributed by atoms with Crippen molar-refractivity contribution in [2.75, 3.05) is 5.73 Å². The fourth-order valence-electron chi connectivity index (χ4n) is 1.83. The van der Waals surface area contributed by atoms with Gasteiger partial charge in [-0.1, -0.05) is 12.1 Å². The molecular formula is C12H9BrN4. The number of imidazole rings is 1. The van der Waals surface area contributed by atoms with Crippen LogP contribution in [-0.2, 0) is 0 Å². The Balaban J connectivity index is 2.35. The fourth-order valence-corrected chi connectivity index (χ4v) is 2.37. The van der Waals surface area contributed by atoms with Crippen molar-refractivity contribution in [1.29, 1.82) is 0 Å². The average Bonchev–Trinajstić information content (AvgIpc) is 2.73. The lowest BCUT2D eigenvalue weighted by atomic mass is 10.3. The monoisotopic (exact) mass is 288 g/mol. The highest BCUT2D eigenvalue weighted by Crippen LogP contribution is 2.28. The van der Waals surface area contributed by atoms with Crippen molar-refractivity contribution in [2.24, 2.45) is 0 Å². The summed E-state index contributed by atoms with van der Waals surface area (Å²) < 4.78 is 2.80. The Labute approximate surface area is 106 Å². The van der Waals surface area contributed by atoms with Crippen molar-refractivity contribution < 1.29 is 0 Å². The lowest BCUT2D eigenvalue weighted by Crippen LogP contribution is -2.00. The number of pyridine rings is 1. The summed E-state index contributed by atoms with van der Waals surface area (Å²) in [6, 6.07) is 7.92. The van der Waals surface area contributed by atoms with E-state index in [1.165, 1.54) is 0 Å². The van der Waals surface area contributed by atoms with Crippen LogP contribution < -0.4 is 5.73 Å². The minimum absolute atomic E-state index is 0.613. The van der Waals surface area contributed by atoms with Gasteiger partial charge >= 0.3 is 0 Å². The van der Waals surface area contributed by atoms with E-state index in [4.69, 9.17) is 5.73 Å². The van der Waals surface area contributed by atoms with Crippen molar-refractivity contribution >= 4 is 32.7 Å². The summed E-state index contributed by atoms with van der Waals surface area (Å²) in [4.78, 5) is 8.37. The summed E-state index contributed by atoms with van der Waals surface area (Å²) in [5.74, 6) is 0. The normalized spacial score (nSPS) is 10.9. The Kier molecular flexibility index (Phi) is 2.33. The van der Waals surface area contributed by atoms with Gasteiger partial charge in [-0.2, -0.15) is 0 Å². The number of fused-ring (bicyclic) bond motifs is 1. The summed E-state index contributed by atoms with van der Waals surface area (Å²) >= 11 is 3.46. The molecule has 0 fully saturated rings. The second-order valence-electron chi connectivity index (χ2n) is 3.66. The molecule has 0 spiro atoms. The molecule has 0 aliphatic carbocycles. The molecule has 0 aliphatic rings. The molecule has 4 nitrogen and oxygen atoms in total. The number of nitrogen functional groups attached to an aromatic ring is 1. The first-order chi connectivity index (χ1) is 8.27. The van der Waals surface area contributed by atoms with Gasteiger partial charge in [0.05, 0.1) is 33.1 Å². The van der Waals surface area contributed by atoms with Gasteiger partial charge in [0.2, 0.25) is 0 Å². The number of anilines is 1. The minimum atomic E-state index is 0.613. The molecule has 0 saturated carbocycles. The van der Waals surface area contributed by atoms with Crippen molar-refractivity contribution in [3.63, 3.8) is 0 Å². The van der Waals surface area contributed by atoms with Crippen LogP contribution in [0.15, 0.2) is 47.5 Å². The van der Waals surface area contributed by atoms with Gasteiger partial charge in [0.1, 0.15) is 6.33 Å². The maximum atomic E-state index is 5.96. The van der Waals surface area contributed by atoms with Crippen molar-refractivity contribution in [3.8, 4) is 5.69 Å². The van der Waals surface area contributed by atoms with Crippen LogP contribution in [0.4, 0.5) is 5.69 Å². The molecule has 17 heavy (non-hydrogen) atoms. The van der Waals surface area contributed by atoms with Crippen LogP contribution >= 0.6 is 15.9 Å². The van der Waals surface area contributed by atoms with Gasteiger partial charge in [-0.3, -0.25) is 9.55 Å². The Morgan fingerprint density at radius 2 is 2.00 bits per heavy atom. The highest BCUT2D eigenvalue weighted by atomic mass is 79.9. The molecule has 2 aromatic heterocycles. The first-order valence-electron chi connectivity index (χ1n) is 5.09. The van der Waals surface area contributed by atoms with Gasteiger partial charge in [-0.15, -0.1) is 0 Å². The Hall–Kier alpha value is -1.88. The topological polar surface area (TPSA) is 56.7 Å². The van der Waals surface area contributed by atoms with E-state index in [9.17, 15) is 0 Å². The summed E-state index contributed by atoms with van der Waals surface area (Å²) in [6.07, 6.45) is 5.12. The van der Waals surface area contributed by atoms with E-state index in [1.54, 1.807) is 18.7 Å². The van der Waals surface area contributed by atoms with Gasteiger partial charge < -0.3 is 5.73 Å².